The molecule has 4 heteroatoms. The SMILES string of the molecule is CC(C)C[C@@H](C=O)NC(=O)c1occ2ccccc12. The fourth-order valence-electron chi connectivity index (χ4n) is 2.06. The molecule has 1 atom stereocenters. The lowest BCUT2D eigenvalue weighted by Crippen LogP contribution is -2.36. The second kappa shape index (κ2) is 5.69. The molecule has 0 saturated carbocycles. The Morgan fingerprint density at radius 2 is 2.11 bits per heavy atom. The van der Waals surface area contributed by atoms with E-state index >= 15 is 0 Å². The molecule has 1 aromatic heterocycles. The first kappa shape index (κ1) is 13.3. The van der Waals surface area contributed by atoms with Crippen LogP contribution >= 0.6 is 0 Å². The third-order valence-electron chi connectivity index (χ3n) is 2.92. The summed E-state index contributed by atoms with van der Waals surface area (Å²) in [5, 5.41) is 4.32. The van der Waals surface area contributed by atoms with Crippen LogP contribution in [0.25, 0.3) is 10.8 Å². The first-order valence-corrected chi connectivity index (χ1v) is 6.34. The molecule has 1 N–H and O–H groups in total. The standard InChI is InChI=1S/C15H17NO3/c1-10(2)7-12(8-17)16-15(18)14-13-6-4-3-5-11(13)9-19-14/h3-6,8-10,12H,7H2,1-2H3,(H,16,18)/t12-/m0/s1. The van der Waals surface area contributed by atoms with Crippen molar-refractivity contribution in [2.24, 2.45) is 5.92 Å². The van der Waals surface area contributed by atoms with Crippen molar-refractivity contribution in [2.75, 3.05) is 0 Å². The third-order valence-corrected chi connectivity index (χ3v) is 2.92. The molecule has 0 saturated heterocycles. The molecule has 0 aliphatic heterocycles. The lowest BCUT2D eigenvalue weighted by atomic mass is 10.0. The minimum Gasteiger partial charge on any atom is -0.458 e. The minimum atomic E-state index is -0.476. The van der Waals surface area contributed by atoms with Crippen molar-refractivity contribution in [1.29, 1.82) is 0 Å². The van der Waals surface area contributed by atoms with E-state index in [0.29, 0.717) is 12.3 Å². The van der Waals surface area contributed by atoms with Crippen LogP contribution in [0.15, 0.2) is 34.9 Å². The quantitative estimate of drug-likeness (QED) is 0.840. The van der Waals surface area contributed by atoms with E-state index in [4.69, 9.17) is 4.42 Å². The summed E-state index contributed by atoms with van der Waals surface area (Å²) < 4.78 is 5.30. The van der Waals surface area contributed by atoms with Crippen molar-refractivity contribution in [1.82, 2.24) is 5.32 Å². The molecule has 4 nitrogen and oxygen atoms in total. The van der Waals surface area contributed by atoms with Gasteiger partial charge in [0, 0.05) is 10.8 Å². The largest absolute Gasteiger partial charge is 0.458 e. The predicted octanol–water partition coefficient (Wildman–Crippen LogP) is 2.78. The lowest BCUT2D eigenvalue weighted by Gasteiger charge is -2.13. The summed E-state index contributed by atoms with van der Waals surface area (Å²) in [6, 6.07) is 6.95. The van der Waals surface area contributed by atoms with Crippen molar-refractivity contribution in [2.45, 2.75) is 26.3 Å². The molecule has 100 valence electrons. The summed E-state index contributed by atoms with van der Waals surface area (Å²) in [6.07, 6.45) is 2.93. The van der Waals surface area contributed by atoms with Crippen LogP contribution in [0.1, 0.15) is 30.8 Å². The molecule has 0 bridgehead atoms. The Balaban J connectivity index is 2.17. The fourth-order valence-corrected chi connectivity index (χ4v) is 2.06. The van der Waals surface area contributed by atoms with Gasteiger partial charge in [-0.05, 0) is 12.3 Å². The molecule has 2 rings (SSSR count). The number of aldehydes is 1. The van der Waals surface area contributed by atoms with Crippen molar-refractivity contribution in [3.05, 3.63) is 36.3 Å². The zero-order valence-corrected chi connectivity index (χ0v) is 11.1. The second-order valence-electron chi connectivity index (χ2n) is 5.00. The first-order valence-electron chi connectivity index (χ1n) is 6.34. The van der Waals surface area contributed by atoms with Crippen LogP contribution in [0.4, 0.5) is 0 Å². The smallest absolute Gasteiger partial charge is 0.288 e. The molecule has 1 heterocycles. The molecule has 2 aromatic rings. The maximum atomic E-state index is 12.1. The summed E-state index contributed by atoms with van der Waals surface area (Å²) in [6.45, 7) is 4.01. The van der Waals surface area contributed by atoms with Gasteiger partial charge in [0.2, 0.25) is 0 Å². The Bertz CT molecular complexity index is 586. The van der Waals surface area contributed by atoms with E-state index in [2.05, 4.69) is 5.32 Å². The number of amides is 1. The van der Waals surface area contributed by atoms with Gasteiger partial charge in [0.1, 0.15) is 6.29 Å². The van der Waals surface area contributed by atoms with Gasteiger partial charge in [-0.1, -0.05) is 38.1 Å². The molecule has 0 aliphatic carbocycles. The summed E-state index contributed by atoms with van der Waals surface area (Å²) in [7, 11) is 0. The average molecular weight is 259 g/mol. The van der Waals surface area contributed by atoms with E-state index in [1.807, 2.05) is 38.1 Å². The number of hydrogen-bond acceptors (Lipinski definition) is 3. The van der Waals surface area contributed by atoms with Crippen molar-refractivity contribution < 1.29 is 14.0 Å². The Hall–Kier alpha value is -2.10. The highest BCUT2D eigenvalue weighted by Gasteiger charge is 2.18. The van der Waals surface area contributed by atoms with Gasteiger partial charge in [-0.2, -0.15) is 0 Å². The van der Waals surface area contributed by atoms with E-state index in [1.54, 1.807) is 6.26 Å². The van der Waals surface area contributed by atoms with Gasteiger partial charge in [-0.25, -0.2) is 0 Å². The number of carbonyl (C=O) groups is 2. The fraction of sp³-hybridized carbons (Fsp3) is 0.333. The number of furan rings is 1. The van der Waals surface area contributed by atoms with Gasteiger partial charge in [0.05, 0.1) is 12.3 Å². The number of nitrogens with one attached hydrogen (secondary N) is 1. The van der Waals surface area contributed by atoms with E-state index in [1.165, 1.54) is 0 Å². The number of hydrogen-bond donors (Lipinski definition) is 1. The number of fused-ring (bicyclic) bond motifs is 1. The highest BCUT2D eigenvalue weighted by Crippen LogP contribution is 2.20. The van der Waals surface area contributed by atoms with Crippen LogP contribution in [0.3, 0.4) is 0 Å². The third kappa shape index (κ3) is 3.02. The molecule has 0 spiro atoms. The van der Waals surface area contributed by atoms with E-state index in [9.17, 15) is 9.59 Å². The van der Waals surface area contributed by atoms with E-state index in [-0.39, 0.29) is 11.7 Å². The molecule has 1 amide bonds. The van der Waals surface area contributed by atoms with Crippen molar-refractivity contribution in [3.8, 4) is 0 Å². The summed E-state index contributed by atoms with van der Waals surface area (Å²) in [5.41, 5.74) is 0. The van der Waals surface area contributed by atoms with Crippen molar-refractivity contribution in [3.63, 3.8) is 0 Å². The van der Waals surface area contributed by atoms with Gasteiger partial charge in [-0.15, -0.1) is 0 Å². The molecule has 0 fully saturated rings. The highest BCUT2D eigenvalue weighted by atomic mass is 16.3. The summed E-state index contributed by atoms with van der Waals surface area (Å²) >= 11 is 0. The van der Waals surface area contributed by atoms with E-state index < -0.39 is 6.04 Å². The molecule has 0 aliphatic rings. The maximum Gasteiger partial charge on any atom is 0.288 e. The molecule has 0 radical (unpaired) electrons. The van der Waals surface area contributed by atoms with Gasteiger partial charge >= 0.3 is 0 Å². The predicted molar refractivity (Wildman–Crippen MR) is 73.0 cm³/mol. The monoisotopic (exact) mass is 259 g/mol. The Morgan fingerprint density at radius 1 is 1.37 bits per heavy atom. The van der Waals surface area contributed by atoms with Crippen LogP contribution in [0, 0.1) is 5.92 Å². The Labute approximate surface area is 111 Å². The van der Waals surface area contributed by atoms with Crippen molar-refractivity contribution >= 4 is 23.0 Å². The van der Waals surface area contributed by atoms with Gasteiger partial charge < -0.3 is 14.5 Å². The Kier molecular flexibility index (Phi) is 4.00. The normalized spacial score (nSPS) is 12.6. The summed E-state index contributed by atoms with van der Waals surface area (Å²) in [4.78, 5) is 23.1. The van der Waals surface area contributed by atoms with Gasteiger partial charge in [-0.3, -0.25) is 4.79 Å². The average Bonchev–Trinajstić information content (AvgIpc) is 2.81. The number of carbonyl (C=O) groups excluding carboxylic acids is 2. The lowest BCUT2D eigenvalue weighted by molar-refractivity contribution is -0.109. The topological polar surface area (TPSA) is 59.3 Å². The van der Waals surface area contributed by atoms with Crippen LogP contribution in [-0.2, 0) is 4.79 Å². The van der Waals surface area contributed by atoms with Crippen LogP contribution in [-0.4, -0.2) is 18.2 Å². The first-order chi connectivity index (χ1) is 9.11. The van der Waals surface area contributed by atoms with Crippen LogP contribution in [0.5, 0.6) is 0 Å². The minimum absolute atomic E-state index is 0.256. The molecule has 0 unspecified atom stereocenters. The number of benzene rings is 1. The molecule has 19 heavy (non-hydrogen) atoms. The van der Waals surface area contributed by atoms with Gasteiger partial charge in [0.15, 0.2) is 5.76 Å². The highest BCUT2D eigenvalue weighted by molar-refractivity contribution is 6.05. The Morgan fingerprint density at radius 3 is 2.79 bits per heavy atom. The van der Waals surface area contributed by atoms with Crippen LogP contribution < -0.4 is 5.32 Å². The molecular formula is C15H17NO3. The summed E-state index contributed by atoms with van der Waals surface area (Å²) in [5.74, 6) is 0.244. The zero-order valence-electron chi connectivity index (χ0n) is 11.1. The molecule has 1 aromatic carbocycles. The van der Waals surface area contributed by atoms with E-state index in [0.717, 1.165) is 17.1 Å². The van der Waals surface area contributed by atoms with Crippen LogP contribution in [0.2, 0.25) is 0 Å². The van der Waals surface area contributed by atoms with Gasteiger partial charge in [0.25, 0.3) is 5.91 Å². The molecular weight excluding hydrogens is 242 g/mol. The zero-order chi connectivity index (χ0) is 13.8. The maximum absolute atomic E-state index is 12.1. The number of rotatable bonds is 5. The second-order valence-corrected chi connectivity index (χ2v) is 5.00.